The van der Waals surface area contributed by atoms with Gasteiger partial charge in [-0.05, 0) is 252 Å². The number of H-pyrrole nitrogens is 3. The van der Waals surface area contributed by atoms with Gasteiger partial charge in [-0.2, -0.15) is 13.2 Å². The van der Waals surface area contributed by atoms with E-state index in [-0.39, 0.29) is 88.6 Å². The van der Waals surface area contributed by atoms with Gasteiger partial charge >= 0.3 is 6.18 Å². The Labute approximate surface area is 716 Å². The smallest absolute Gasteiger partial charge is 0.348 e. The summed E-state index contributed by atoms with van der Waals surface area (Å²) >= 11 is 0. The van der Waals surface area contributed by atoms with E-state index in [1.165, 1.54) is 41.4 Å². The van der Waals surface area contributed by atoms with Crippen molar-refractivity contribution in [2.24, 2.45) is 52.9 Å². The maximum Gasteiger partial charge on any atom is 0.418 e. The molecule has 23 N–H and O–H groups in total. The van der Waals surface area contributed by atoms with Crippen LogP contribution in [0.3, 0.4) is 0 Å². The van der Waals surface area contributed by atoms with Crippen LogP contribution in [0.5, 0.6) is 0 Å². The summed E-state index contributed by atoms with van der Waals surface area (Å²) in [5.74, 6) is -1.38. The van der Waals surface area contributed by atoms with Crippen molar-refractivity contribution in [2.75, 3.05) is 52.4 Å². The molecule has 4 amide bonds. The van der Waals surface area contributed by atoms with Gasteiger partial charge in [0.05, 0.1) is 49.7 Å². The molecule has 24 nitrogen and oxygen atoms in total. The summed E-state index contributed by atoms with van der Waals surface area (Å²) in [5.41, 5.74) is 65.8. The first-order valence-electron chi connectivity index (χ1n) is 41.4. The predicted molar refractivity (Wildman–Crippen MR) is 485 cm³/mol. The Hall–Kier alpha value is -12.7. The molecule has 14 rings (SSSR count). The zero-order valence-electron chi connectivity index (χ0n) is 70.5. The van der Waals surface area contributed by atoms with Gasteiger partial charge in [0.1, 0.15) is 11.6 Å². The van der Waals surface area contributed by atoms with Crippen molar-refractivity contribution >= 4 is 67.8 Å². The number of carbonyl (C=O) groups is 4. The monoisotopic (exact) mass is 1690 g/mol. The molecule has 0 unspecified atom stereocenters. The van der Waals surface area contributed by atoms with Crippen LogP contribution in [0.1, 0.15) is 127 Å². The first-order chi connectivity index (χ1) is 59.5. The van der Waals surface area contributed by atoms with E-state index in [4.69, 9.17) is 45.9 Å². The number of imidazole rings is 4. The summed E-state index contributed by atoms with van der Waals surface area (Å²) in [6, 6.07) is 58.6. The molecule has 0 saturated heterocycles. The number of halogens is 5. The highest BCUT2D eigenvalue weighted by molar-refractivity contribution is 6.02. The van der Waals surface area contributed by atoms with Crippen LogP contribution >= 0.6 is 0 Å². The van der Waals surface area contributed by atoms with Crippen molar-refractivity contribution in [2.45, 2.75) is 116 Å². The highest BCUT2D eigenvalue weighted by atomic mass is 19.4. The lowest BCUT2D eigenvalue weighted by Crippen LogP contribution is -2.38. The summed E-state index contributed by atoms with van der Waals surface area (Å²) in [6.07, 6.45) is 1.51. The summed E-state index contributed by atoms with van der Waals surface area (Å²) in [4.78, 5) is 77.6. The number of nitrogens with zero attached hydrogens (tertiary/aromatic N) is 5. The van der Waals surface area contributed by atoms with E-state index in [9.17, 15) is 41.1 Å². The maximum absolute atomic E-state index is 13.9. The number of rotatable bonds is 30. The van der Waals surface area contributed by atoms with Crippen molar-refractivity contribution in [3.8, 4) is 66.8 Å². The molecule has 124 heavy (non-hydrogen) atoms. The number of benzene rings is 10. The number of aryl methyl sites for hydroxylation is 6. The van der Waals surface area contributed by atoms with Crippen molar-refractivity contribution in [3.05, 3.63) is 262 Å². The number of fused-ring (bicyclic) bond motifs is 4. The number of alkyl halides is 3. The molecule has 0 fully saturated rings. The van der Waals surface area contributed by atoms with Crippen LogP contribution in [-0.2, 0) is 13.2 Å². The molecular weight excluding hydrogens is 1580 g/mol. The van der Waals surface area contributed by atoms with Gasteiger partial charge in [-0.15, -0.1) is 0 Å². The molecule has 0 spiro atoms. The number of amides is 4. The lowest BCUT2D eigenvalue weighted by atomic mass is 9.93. The third-order valence-corrected chi connectivity index (χ3v) is 21.2. The highest BCUT2D eigenvalue weighted by Crippen LogP contribution is 2.40. The largest absolute Gasteiger partial charge is 0.418 e. The van der Waals surface area contributed by atoms with Gasteiger partial charge in [0, 0.05) is 63.0 Å². The first kappa shape index (κ1) is 92.0. The van der Waals surface area contributed by atoms with Crippen LogP contribution in [-0.4, -0.2) is 140 Å². The maximum atomic E-state index is 13.9. The number of carbonyl (C=O) groups excluding carboxylic acids is 4. The van der Waals surface area contributed by atoms with Crippen LogP contribution < -0.4 is 67.1 Å². The molecule has 4 atom stereocenters. The molecule has 0 aliphatic heterocycles. The molecule has 0 bridgehead atoms. The van der Waals surface area contributed by atoms with E-state index in [1.54, 1.807) is 42.5 Å². The van der Waals surface area contributed by atoms with Crippen molar-refractivity contribution in [3.63, 3.8) is 0 Å². The van der Waals surface area contributed by atoms with Crippen LogP contribution in [0.25, 0.3) is 111 Å². The van der Waals surface area contributed by atoms with Gasteiger partial charge < -0.3 is 86.7 Å². The Morgan fingerprint density at radius 1 is 0.371 bits per heavy atom. The fourth-order valence-electron chi connectivity index (χ4n) is 14.1. The van der Waals surface area contributed by atoms with Crippen LogP contribution in [0.2, 0.25) is 0 Å². The van der Waals surface area contributed by atoms with Crippen LogP contribution in [0.15, 0.2) is 194 Å². The zero-order chi connectivity index (χ0) is 88.9. The second-order valence-electron chi connectivity index (χ2n) is 31.2. The van der Waals surface area contributed by atoms with Gasteiger partial charge in [-0.3, -0.25) is 19.2 Å². The lowest BCUT2D eigenvalue weighted by Gasteiger charge is -2.13. The Bertz CT molecular complexity index is 5870. The van der Waals surface area contributed by atoms with Gasteiger partial charge in [-0.1, -0.05) is 144 Å². The molecular formula is C95H109F5N20O4. The third kappa shape index (κ3) is 24.4. The van der Waals surface area contributed by atoms with E-state index >= 15 is 0 Å². The fraction of sp³-hybridized carbons (Fsp3) is 0.284. The molecule has 10 aromatic carbocycles. The van der Waals surface area contributed by atoms with E-state index < -0.39 is 17.6 Å². The quantitative estimate of drug-likeness (QED) is 0.0186. The standard InChI is InChI=1S/2C26H28FN5O.C22H26F3N5O.C21H27N5O/c1-16-4-6-18(7-5-16)22-13-19(17-8-10-20(27)11-9-17)14-23-24(22)32-25(31-23)26(33)30-15-21(29)3-2-12-28;1-16-4-6-17(7-5-16)21-13-23-24(14-22(21)18-8-10-19(27)11-9-18)32-25(31-23)26(33)30-15-20(29)3-2-12-28;1-13-5-7-14(8-6-13)15-10-17(22(23,24)25)19-18(11-15)29-20(30(19)2)21(31)28-12-16(27)4-3-9-26;1-13-5-7-15(8-6-13)16-10-14(2)19-18(11-16)25-20(26-19)21(27)24-12-17(23)4-3-9-22/h4-11,13-14,21H,2-3,12,15,28-29H2,1H3,(H,30,33)(H,31,32);4-11,13-14,20H,2-3,12,15,28-29H2,1H3,(H,30,33)(H,31,32);5-8,10-11,16H,3-4,9,12,26-27H2,1-2H3,(H,28,31);5-8,10-11,17H,3-4,9,12,22-23H2,1-2H3,(H,24,27)(H,25,26)/t21-;20-;16-;17-/m0000/s1. The average Bonchev–Trinajstić information content (AvgIpc) is 1.57. The molecule has 648 valence electrons. The highest BCUT2D eigenvalue weighted by Gasteiger charge is 2.36. The number of hydrogen-bond donors (Lipinski definition) is 15. The van der Waals surface area contributed by atoms with Crippen LogP contribution in [0, 0.1) is 46.3 Å². The molecule has 4 aromatic heterocycles. The van der Waals surface area contributed by atoms with Gasteiger partial charge in [0.2, 0.25) is 0 Å². The predicted octanol–water partition coefficient (Wildman–Crippen LogP) is 14.3. The molecule has 0 aliphatic carbocycles. The van der Waals surface area contributed by atoms with Gasteiger partial charge in [0.15, 0.2) is 23.3 Å². The van der Waals surface area contributed by atoms with Crippen LogP contribution in [0.4, 0.5) is 22.0 Å². The molecule has 29 heteroatoms. The zero-order valence-corrected chi connectivity index (χ0v) is 70.5. The summed E-state index contributed by atoms with van der Waals surface area (Å²) < 4.78 is 69.8. The number of nitrogens with one attached hydrogen (secondary N) is 7. The van der Waals surface area contributed by atoms with Crippen molar-refractivity contribution < 1.29 is 41.1 Å². The van der Waals surface area contributed by atoms with E-state index in [1.807, 2.05) is 107 Å². The minimum Gasteiger partial charge on any atom is -0.348 e. The summed E-state index contributed by atoms with van der Waals surface area (Å²) in [7, 11) is 1.40. The molecule has 14 aromatic rings. The molecule has 0 radical (unpaired) electrons. The van der Waals surface area contributed by atoms with Crippen molar-refractivity contribution in [1.29, 1.82) is 0 Å². The lowest BCUT2D eigenvalue weighted by molar-refractivity contribution is -0.136. The molecule has 4 heterocycles. The number of nitrogens with two attached hydrogens (primary N) is 8. The number of hydrogen-bond acceptors (Lipinski definition) is 16. The minimum absolute atomic E-state index is 0.100. The van der Waals surface area contributed by atoms with E-state index in [0.29, 0.717) is 80.2 Å². The third-order valence-electron chi connectivity index (χ3n) is 21.2. The van der Waals surface area contributed by atoms with Gasteiger partial charge in [0.25, 0.3) is 23.6 Å². The SMILES string of the molecule is Cc1ccc(-c2cc(-c3ccc(F)cc3)cc3[nH]c(C(=O)NC[C@@H](N)CCCN)nc23)cc1.Cc1ccc(-c2cc(C(F)(F)F)c3c(c2)nc(C(=O)NC[C@@H](N)CCCN)n3C)cc1.Cc1ccc(-c2cc(C)c3nc(C(=O)NC[C@@H](N)CCCN)[nH]c3c2)cc1.Cc1ccc(-c2cc3[nH]c(C(=O)NC[C@@H](N)CCCN)nc3cc2-c2ccc(F)cc2)cc1. The van der Waals surface area contributed by atoms with E-state index in [0.717, 1.165) is 151 Å². The summed E-state index contributed by atoms with van der Waals surface area (Å²) in [6.45, 7) is 13.6. The molecule has 0 aliphatic rings. The Morgan fingerprint density at radius 2 is 0.710 bits per heavy atom. The minimum atomic E-state index is -4.61. The first-order valence-corrected chi connectivity index (χ1v) is 41.4. The second-order valence-corrected chi connectivity index (χ2v) is 31.2. The van der Waals surface area contributed by atoms with Gasteiger partial charge in [-0.25, -0.2) is 28.7 Å². The average molecular weight is 1690 g/mol. The van der Waals surface area contributed by atoms with E-state index in [2.05, 4.69) is 106 Å². The van der Waals surface area contributed by atoms with Crippen molar-refractivity contribution in [1.82, 2.24) is 60.7 Å². The normalized spacial score (nSPS) is 12.3. The Balaban J connectivity index is 0.000000161. The Morgan fingerprint density at radius 3 is 1.13 bits per heavy atom. The second kappa shape index (κ2) is 42.9. The number of aromatic nitrogens is 8. The summed E-state index contributed by atoms with van der Waals surface area (Å²) in [5, 5.41) is 11.2. The topological polar surface area (TPSA) is 428 Å². The Kier molecular flexibility index (Phi) is 31.8. The molecule has 0 saturated carbocycles. The fourth-order valence-corrected chi connectivity index (χ4v) is 14.1. The number of aromatic amines is 3.